The van der Waals surface area contributed by atoms with Gasteiger partial charge in [-0.1, -0.05) is 0 Å². The second kappa shape index (κ2) is 6.64. The van der Waals surface area contributed by atoms with Crippen molar-refractivity contribution in [2.45, 2.75) is 31.3 Å². The SMILES string of the molecule is CCOc1ccc(S(=O)(=O)N2CCC(O)C2)cc1OCC. The largest absolute Gasteiger partial charge is 0.490 e. The van der Waals surface area contributed by atoms with E-state index >= 15 is 0 Å². The Labute approximate surface area is 125 Å². The Morgan fingerprint density at radius 1 is 1.24 bits per heavy atom. The number of sulfonamides is 1. The summed E-state index contributed by atoms with van der Waals surface area (Å²) in [7, 11) is -3.61. The summed E-state index contributed by atoms with van der Waals surface area (Å²) in [6.07, 6.45) is -0.122. The van der Waals surface area contributed by atoms with E-state index in [1.165, 1.54) is 16.4 Å². The lowest BCUT2D eigenvalue weighted by molar-refractivity contribution is 0.189. The second-order valence-electron chi connectivity index (χ2n) is 4.78. The third-order valence-corrected chi connectivity index (χ3v) is 5.14. The molecule has 7 heteroatoms. The maximum absolute atomic E-state index is 12.5. The number of aliphatic hydroxyl groups excluding tert-OH is 1. The van der Waals surface area contributed by atoms with Crippen LogP contribution in [0.5, 0.6) is 11.5 Å². The zero-order valence-corrected chi connectivity index (χ0v) is 13.1. The third-order valence-electron chi connectivity index (χ3n) is 3.28. The highest BCUT2D eigenvalue weighted by molar-refractivity contribution is 7.89. The number of aliphatic hydroxyl groups is 1. The van der Waals surface area contributed by atoms with Crippen LogP contribution in [0.1, 0.15) is 20.3 Å². The molecule has 0 spiro atoms. The highest BCUT2D eigenvalue weighted by atomic mass is 32.2. The van der Waals surface area contributed by atoms with Gasteiger partial charge in [-0.05, 0) is 32.4 Å². The molecule has 1 heterocycles. The summed E-state index contributed by atoms with van der Waals surface area (Å²) in [5.41, 5.74) is 0. The van der Waals surface area contributed by atoms with E-state index in [4.69, 9.17) is 9.47 Å². The van der Waals surface area contributed by atoms with Crippen LogP contribution in [-0.4, -0.2) is 50.2 Å². The molecule has 1 fully saturated rings. The predicted octanol–water partition coefficient (Wildman–Crippen LogP) is 1.24. The van der Waals surface area contributed by atoms with Crippen LogP contribution in [-0.2, 0) is 10.0 Å². The Balaban J connectivity index is 2.32. The molecule has 1 aromatic carbocycles. The van der Waals surface area contributed by atoms with Gasteiger partial charge in [0.15, 0.2) is 11.5 Å². The first-order chi connectivity index (χ1) is 9.98. The molecule has 1 unspecified atom stereocenters. The first kappa shape index (κ1) is 16.1. The van der Waals surface area contributed by atoms with E-state index in [-0.39, 0.29) is 11.4 Å². The highest BCUT2D eigenvalue weighted by Gasteiger charge is 2.32. The number of ether oxygens (including phenoxy) is 2. The first-order valence-corrected chi connectivity index (χ1v) is 8.51. The lowest BCUT2D eigenvalue weighted by Crippen LogP contribution is -2.29. The maximum Gasteiger partial charge on any atom is 0.243 e. The number of nitrogens with zero attached hydrogens (tertiary/aromatic N) is 1. The van der Waals surface area contributed by atoms with Crippen molar-refractivity contribution in [2.24, 2.45) is 0 Å². The van der Waals surface area contributed by atoms with E-state index in [9.17, 15) is 13.5 Å². The Hall–Kier alpha value is -1.31. The molecule has 21 heavy (non-hydrogen) atoms. The molecule has 0 aliphatic carbocycles. The second-order valence-corrected chi connectivity index (χ2v) is 6.72. The molecule has 0 radical (unpaired) electrons. The summed E-state index contributed by atoms with van der Waals surface area (Å²) >= 11 is 0. The Bertz CT molecular complexity index is 587. The number of β-amino-alcohol motifs (C(OH)–C–C–N with tert-alkyl or cyclic N) is 1. The van der Waals surface area contributed by atoms with Gasteiger partial charge in [0.2, 0.25) is 10.0 Å². The van der Waals surface area contributed by atoms with E-state index in [1.807, 2.05) is 13.8 Å². The number of benzene rings is 1. The van der Waals surface area contributed by atoms with Crippen LogP contribution in [0.15, 0.2) is 23.1 Å². The molecule has 1 N–H and O–H groups in total. The van der Waals surface area contributed by atoms with Crippen molar-refractivity contribution in [3.63, 3.8) is 0 Å². The molecule has 1 atom stereocenters. The van der Waals surface area contributed by atoms with E-state index in [1.54, 1.807) is 6.07 Å². The van der Waals surface area contributed by atoms with Crippen LogP contribution in [0.2, 0.25) is 0 Å². The van der Waals surface area contributed by atoms with Crippen molar-refractivity contribution in [1.29, 1.82) is 0 Å². The van der Waals surface area contributed by atoms with Crippen molar-refractivity contribution in [3.8, 4) is 11.5 Å². The average molecular weight is 315 g/mol. The predicted molar refractivity (Wildman–Crippen MR) is 78.2 cm³/mol. The Kier molecular flexibility index (Phi) is 5.08. The molecule has 6 nitrogen and oxygen atoms in total. The minimum atomic E-state index is -3.61. The fourth-order valence-electron chi connectivity index (χ4n) is 2.27. The molecule has 0 bridgehead atoms. The Morgan fingerprint density at radius 3 is 2.48 bits per heavy atom. The number of hydrogen-bond donors (Lipinski definition) is 1. The zero-order valence-electron chi connectivity index (χ0n) is 12.3. The van der Waals surface area contributed by atoms with Gasteiger partial charge in [0.05, 0.1) is 24.2 Å². The van der Waals surface area contributed by atoms with Gasteiger partial charge in [0, 0.05) is 19.2 Å². The number of rotatable bonds is 6. The van der Waals surface area contributed by atoms with Crippen molar-refractivity contribution < 1.29 is 23.0 Å². The zero-order chi connectivity index (χ0) is 15.5. The minimum absolute atomic E-state index is 0.138. The van der Waals surface area contributed by atoms with Crippen molar-refractivity contribution in [3.05, 3.63) is 18.2 Å². The quantitative estimate of drug-likeness (QED) is 0.855. The molecule has 2 rings (SSSR count). The van der Waals surface area contributed by atoms with Gasteiger partial charge in [0.25, 0.3) is 0 Å². The topological polar surface area (TPSA) is 76.1 Å². The fourth-order valence-corrected chi connectivity index (χ4v) is 3.78. The molecule has 1 aromatic rings. The molecule has 0 amide bonds. The maximum atomic E-state index is 12.5. The fraction of sp³-hybridized carbons (Fsp3) is 0.571. The highest BCUT2D eigenvalue weighted by Crippen LogP contribution is 2.32. The molecule has 1 aliphatic heterocycles. The van der Waals surface area contributed by atoms with Crippen LogP contribution in [0.25, 0.3) is 0 Å². The van der Waals surface area contributed by atoms with Gasteiger partial charge >= 0.3 is 0 Å². The summed E-state index contributed by atoms with van der Waals surface area (Å²) in [5, 5.41) is 9.51. The van der Waals surface area contributed by atoms with E-state index in [0.717, 1.165) is 0 Å². The van der Waals surface area contributed by atoms with Crippen molar-refractivity contribution in [1.82, 2.24) is 4.31 Å². The Morgan fingerprint density at radius 2 is 1.90 bits per heavy atom. The monoisotopic (exact) mass is 315 g/mol. The van der Waals surface area contributed by atoms with E-state index < -0.39 is 16.1 Å². The lowest BCUT2D eigenvalue weighted by Gasteiger charge is -2.17. The first-order valence-electron chi connectivity index (χ1n) is 7.07. The van der Waals surface area contributed by atoms with Gasteiger partial charge in [-0.3, -0.25) is 0 Å². The van der Waals surface area contributed by atoms with Crippen molar-refractivity contribution in [2.75, 3.05) is 26.3 Å². The normalized spacial score (nSPS) is 19.7. The number of hydrogen-bond acceptors (Lipinski definition) is 5. The van der Waals surface area contributed by atoms with Crippen LogP contribution in [0.3, 0.4) is 0 Å². The minimum Gasteiger partial charge on any atom is -0.490 e. The van der Waals surface area contributed by atoms with Gasteiger partial charge in [-0.15, -0.1) is 0 Å². The molecule has 0 saturated carbocycles. The smallest absolute Gasteiger partial charge is 0.243 e. The van der Waals surface area contributed by atoms with Crippen LogP contribution >= 0.6 is 0 Å². The lowest BCUT2D eigenvalue weighted by atomic mass is 10.3. The van der Waals surface area contributed by atoms with Crippen LogP contribution in [0, 0.1) is 0 Å². The van der Waals surface area contributed by atoms with Crippen molar-refractivity contribution >= 4 is 10.0 Å². The average Bonchev–Trinajstić information content (AvgIpc) is 2.88. The summed E-state index contributed by atoms with van der Waals surface area (Å²) in [6, 6.07) is 4.59. The molecular weight excluding hydrogens is 294 g/mol. The van der Waals surface area contributed by atoms with Gasteiger partial charge < -0.3 is 14.6 Å². The molecular formula is C14H21NO5S. The van der Waals surface area contributed by atoms with Gasteiger partial charge in [-0.2, -0.15) is 4.31 Å². The van der Waals surface area contributed by atoms with Crippen LogP contribution in [0.4, 0.5) is 0 Å². The van der Waals surface area contributed by atoms with E-state index in [2.05, 4.69) is 0 Å². The summed E-state index contributed by atoms with van der Waals surface area (Å²) in [6.45, 7) is 5.05. The van der Waals surface area contributed by atoms with E-state index in [0.29, 0.717) is 37.7 Å². The molecule has 118 valence electrons. The van der Waals surface area contributed by atoms with Crippen LogP contribution < -0.4 is 9.47 Å². The molecule has 1 saturated heterocycles. The molecule has 1 aliphatic rings. The standard InChI is InChI=1S/C14H21NO5S/c1-3-19-13-6-5-12(9-14(13)20-4-2)21(17,18)15-8-7-11(16)10-15/h5-6,9,11,16H,3-4,7-8,10H2,1-2H3. The third kappa shape index (κ3) is 3.48. The summed E-state index contributed by atoms with van der Waals surface area (Å²) in [4.78, 5) is 0.156. The molecule has 0 aromatic heterocycles. The van der Waals surface area contributed by atoms with Gasteiger partial charge in [-0.25, -0.2) is 8.42 Å². The summed E-state index contributed by atoms with van der Waals surface area (Å²) < 4.78 is 37.2. The van der Waals surface area contributed by atoms with Gasteiger partial charge in [0.1, 0.15) is 0 Å². The summed E-state index contributed by atoms with van der Waals surface area (Å²) in [5.74, 6) is 0.944.